The second kappa shape index (κ2) is 6.56. The summed E-state index contributed by atoms with van der Waals surface area (Å²) in [6, 6.07) is 8.28. The van der Waals surface area contributed by atoms with Crippen LogP contribution < -0.4 is 5.43 Å². The molecule has 0 aliphatic carbocycles. The summed E-state index contributed by atoms with van der Waals surface area (Å²) < 4.78 is 0. The number of nitrogens with zero attached hydrogens (tertiary/aromatic N) is 2. The predicted molar refractivity (Wildman–Crippen MR) is 82.7 cm³/mol. The number of phenolic OH excluding ortho intramolecular Hbond substituents is 2. The van der Waals surface area contributed by atoms with Crippen LogP contribution in [0.25, 0.3) is 0 Å². The number of aromatic hydroxyl groups is 2. The number of carbonyl (C=O) groups excluding carboxylic acids is 1. The van der Waals surface area contributed by atoms with Crippen LogP contribution in [0.2, 0.25) is 0 Å². The molecule has 8 heteroatoms. The summed E-state index contributed by atoms with van der Waals surface area (Å²) in [5.74, 6) is -1.02. The molecule has 23 heavy (non-hydrogen) atoms. The maximum atomic E-state index is 11.8. The SMILES string of the molecule is Cc1cc([N+](=O)[O-])cc(C=NNC(=O)c2ccccc2O)c1O. The van der Waals surface area contributed by atoms with Crippen molar-refractivity contribution in [2.45, 2.75) is 6.92 Å². The number of nitro benzene ring substituents is 1. The Labute approximate surface area is 130 Å². The standard InChI is InChI=1S/C15H13N3O5/c1-9-6-11(18(22)23)7-10(14(9)20)8-16-17-15(21)12-4-2-3-5-13(12)19/h2-8,19-20H,1H3,(H,17,21). The quantitative estimate of drug-likeness (QED) is 0.452. The molecule has 8 nitrogen and oxygen atoms in total. The first-order valence-electron chi connectivity index (χ1n) is 6.49. The molecule has 2 rings (SSSR count). The summed E-state index contributed by atoms with van der Waals surface area (Å²) in [5.41, 5.74) is 2.41. The van der Waals surface area contributed by atoms with Crippen molar-refractivity contribution in [1.82, 2.24) is 5.43 Å². The molecule has 0 atom stereocenters. The topological polar surface area (TPSA) is 125 Å². The predicted octanol–water partition coefficient (Wildman–Crippen LogP) is 2.08. The smallest absolute Gasteiger partial charge is 0.275 e. The van der Waals surface area contributed by atoms with Gasteiger partial charge >= 0.3 is 0 Å². The number of rotatable bonds is 4. The van der Waals surface area contributed by atoms with E-state index < -0.39 is 10.8 Å². The van der Waals surface area contributed by atoms with Crippen LogP contribution in [0.5, 0.6) is 11.5 Å². The maximum absolute atomic E-state index is 11.8. The van der Waals surface area contributed by atoms with Gasteiger partial charge in [0.2, 0.25) is 0 Å². The Balaban J connectivity index is 2.19. The zero-order valence-electron chi connectivity index (χ0n) is 12.1. The molecule has 0 spiro atoms. The molecular weight excluding hydrogens is 302 g/mol. The molecular formula is C15H13N3O5. The number of benzene rings is 2. The van der Waals surface area contributed by atoms with Crippen LogP contribution in [0.15, 0.2) is 41.5 Å². The Morgan fingerprint density at radius 2 is 2.00 bits per heavy atom. The molecule has 1 amide bonds. The Kier molecular flexibility index (Phi) is 4.55. The van der Waals surface area contributed by atoms with E-state index in [9.17, 15) is 25.1 Å². The van der Waals surface area contributed by atoms with E-state index in [0.29, 0.717) is 5.56 Å². The fourth-order valence-corrected chi connectivity index (χ4v) is 1.88. The minimum Gasteiger partial charge on any atom is -0.507 e. The van der Waals surface area contributed by atoms with Gasteiger partial charge in [-0.05, 0) is 24.6 Å². The van der Waals surface area contributed by atoms with E-state index >= 15 is 0 Å². The first-order valence-corrected chi connectivity index (χ1v) is 6.49. The van der Waals surface area contributed by atoms with Crippen molar-refractivity contribution in [1.29, 1.82) is 0 Å². The first-order chi connectivity index (χ1) is 10.9. The second-order valence-electron chi connectivity index (χ2n) is 4.67. The lowest BCUT2D eigenvalue weighted by Crippen LogP contribution is -2.17. The molecule has 0 aromatic heterocycles. The van der Waals surface area contributed by atoms with Crippen molar-refractivity contribution in [2.24, 2.45) is 5.10 Å². The third kappa shape index (κ3) is 3.62. The van der Waals surface area contributed by atoms with Crippen LogP contribution in [0.3, 0.4) is 0 Å². The van der Waals surface area contributed by atoms with Crippen LogP contribution in [0, 0.1) is 17.0 Å². The van der Waals surface area contributed by atoms with Gasteiger partial charge in [0.15, 0.2) is 0 Å². The highest BCUT2D eigenvalue weighted by atomic mass is 16.6. The van der Waals surface area contributed by atoms with E-state index in [1.807, 2.05) is 0 Å². The molecule has 3 N–H and O–H groups in total. The molecule has 0 unspecified atom stereocenters. The zero-order chi connectivity index (χ0) is 17.0. The van der Waals surface area contributed by atoms with Gasteiger partial charge in [-0.1, -0.05) is 12.1 Å². The number of hydrogen-bond acceptors (Lipinski definition) is 6. The summed E-state index contributed by atoms with van der Waals surface area (Å²) in [7, 11) is 0. The highest BCUT2D eigenvalue weighted by Gasteiger charge is 2.13. The highest BCUT2D eigenvalue weighted by Crippen LogP contribution is 2.26. The van der Waals surface area contributed by atoms with E-state index in [1.165, 1.54) is 25.1 Å². The number of hydrogen-bond donors (Lipinski definition) is 3. The van der Waals surface area contributed by atoms with E-state index in [2.05, 4.69) is 10.5 Å². The number of nitro groups is 1. The third-order valence-corrected chi connectivity index (χ3v) is 3.04. The number of para-hydroxylation sites is 1. The Morgan fingerprint density at radius 1 is 1.30 bits per heavy atom. The van der Waals surface area contributed by atoms with Gasteiger partial charge in [-0.2, -0.15) is 5.10 Å². The fourth-order valence-electron chi connectivity index (χ4n) is 1.88. The minimum absolute atomic E-state index is 0.0316. The van der Waals surface area contributed by atoms with Crippen molar-refractivity contribution < 1.29 is 19.9 Å². The maximum Gasteiger partial charge on any atom is 0.275 e. The Bertz CT molecular complexity index is 802. The normalized spacial score (nSPS) is 10.7. The van der Waals surface area contributed by atoms with Crippen LogP contribution in [0.4, 0.5) is 5.69 Å². The van der Waals surface area contributed by atoms with Crippen LogP contribution in [-0.4, -0.2) is 27.3 Å². The lowest BCUT2D eigenvalue weighted by atomic mass is 10.1. The number of aryl methyl sites for hydroxylation is 1. The summed E-state index contributed by atoms with van der Waals surface area (Å²) in [6.07, 6.45) is 1.09. The Hall–Kier alpha value is -3.42. The molecule has 0 saturated heterocycles. The number of hydrazone groups is 1. The summed E-state index contributed by atoms with van der Waals surface area (Å²) in [6.45, 7) is 1.51. The Morgan fingerprint density at radius 3 is 2.65 bits per heavy atom. The van der Waals surface area contributed by atoms with Gasteiger partial charge in [0.25, 0.3) is 11.6 Å². The molecule has 0 heterocycles. The second-order valence-corrected chi connectivity index (χ2v) is 4.67. The average molecular weight is 315 g/mol. The summed E-state index contributed by atoms with van der Waals surface area (Å²) in [4.78, 5) is 22.0. The largest absolute Gasteiger partial charge is 0.507 e. The monoisotopic (exact) mass is 315 g/mol. The number of phenols is 2. The molecule has 118 valence electrons. The van der Waals surface area contributed by atoms with E-state index in [4.69, 9.17) is 0 Å². The van der Waals surface area contributed by atoms with Gasteiger partial charge in [0, 0.05) is 17.7 Å². The molecule has 0 radical (unpaired) electrons. The lowest BCUT2D eigenvalue weighted by Gasteiger charge is -2.04. The number of non-ortho nitro benzene ring substituents is 1. The molecule has 2 aromatic rings. The average Bonchev–Trinajstić information content (AvgIpc) is 2.51. The van der Waals surface area contributed by atoms with Gasteiger partial charge < -0.3 is 10.2 Å². The molecule has 2 aromatic carbocycles. The number of nitrogens with one attached hydrogen (secondary N) is 1. The minimum atomic E-state index is -0.652. The van der Waals surface area contributed by atoms with Crippen LogP contribution in [0.1, 0.15) is 21.5 Å². The van der Waals surface area contributed by atoms with Crippen molar-refractivity contribution in [2.75, 3.05) is 0 Å². The molecule has 0 bridgehead atoms. The third-order valence-electron chi connectivity index (χ3n) is 3.04. The lowest BCUT2D eigenvalue weighted by molar-refractivity contribution is -0.384. The van der Waals surface area contributed by atoms with Gasteiger partial charge in [0.1, 0.15) is 11.5 Å². The molecule has 0 aliphatic heterocycles. The van der Waals surface area contributed by atoms with Crippen LogP contribution in [-0.2, 0) is 0 Å². The van der Waals surface area contributed by atoms with Crippen LogP contribution >= 0.6 is 0 Å². The number of amides is 1. The van der Waals surface area contributed by atoms with Crippen molar-refractivity contribution in [3.8, 4) is 11.5 Å². The highest BCUT2D eigenvalue weighted by molar-refractivity contribution is 5.97. The van der Waals surface area contributed by atoms with E-state index in [0.717, 1.165) is 12.3 Å². The van der Waals surface area contributed by atoms with Gasteiger partial charge in [-0.15, -0.1) is 0 Å². The summed E-state index contributed by atoms with van der Waals surface area (Å²) in [5, 5.41) is 33.9. The molecule has 0 saturated carbocycles. The van der Waals surface area contributed by atoms with Gasteiger partial charge in [-0.3, -0.25) is 14.9 Å². The molecule has 0 fully saturated rings. The van der Waals surface area contributed by atoms with E-state index in [-0.39, 0.29) is 28.3 Å². The van der Waals surface area contributed by atoms with Crippen molar-refractivity contribution >= 4 is 17.8 Å². The first kappa shape index (κ1) is 16.0. The van der Waals surface area contributed by atoms with Crippen molar-refractivity contribution in [3.63, 3.8) is 0 Å². The van der Waals surface area contributed by atoms with Gasteiger partial charge in [0.05, 0.1) is 16.7 Å². The van der Waals surface area contributed by atoms with Crippen molar-refractivity contribution in [3.05, 3.63) is 63.2 Å². The molecule has 0 aliphatic rings. The summed E-state index contributed by atoms with van der Waals surface area (Å²) >= 11 is 0. The van der Waals surface area contributed by atoms with Gasteiger partial charge in [-0.25, -0.2) is 5.43 Å². The number of carbonyl (C=O) groups is 1. The van der Waals surface area contributed by atoms with E-state index in [1.54, 1.807) is 12.1 Å². The zero-order valence-corrected chi connectivity index (χ0v) is 12.1. The fraction of sp³-hybridized carbons (Fsp3) is 0.0667.